The van der Waals surface area contributed by atoms with Crippen LogP contribution < -0.4 is 0 Å². The second-order valence-electron chi connectivity index (χ2n) is 8.08. The Kier molecular flexibility index (Phi) is 7.28. The molecule has 0 atom stereocenters. The van der Waals surface area contributed by atoms with Gasteiger partial charge in [0.2, 0.25) is 15.9 Å². The van der Waals surface area contributed by atoms with Crippen molar-refractivity contribution in [2.45, 2.75) is 38.3 Å². The molecule has 1 aliphatic heterocycles. The lowest BCUT2D eigenvalue weighted by Gasteiger charge is -2.36. The fourth-order valence-corrected chi connectivity index (χ4v) is 4.97. The first kappa shape index (κ1) is 22.5. The second kappa shape index (κ2) is 9.73. The van der Waals surface area contributed by atoms with Gasteiger partial charge in [-0.15, -0.1) is 0 Å². The van der Waals surface area contributed by atoms with Crippen molar-refractivity contribution in [2.24, 2.45) is 0 Å². The Morgan fingerprint density at radius 3 is 2.13 bits per heavy atom. The van der Waals surface area contributed by atoms with E-state index in [0.29, 0.717) is 44.2 Å². The molecule has 0 radical (unpaired) electrons. The Morgan fingerprint density at radius 1 is 0.967 bits per heavy atom. The minimum absolute atomic E-state index is 0.0482. The van der Waals surface area contributed by atoms with Crippen LogP contribution >= 0.6 is 0 Å². The number of sulfonamides is 1. The van der Waals surface area contributed by atoms with Crippen LogP contribution in [0.15, 0.2) is 59.5 Å². The molecule has 3 rings (SSSR count). The normalized spacial score (nSPS) is 15.7. The number of amides is 1. The highest BCUT2D eigenvalue weighted by Gasteiger charge is 2.30. The molecule has 0 spiro atoms. The molecule has 162 valence electrons. The van der Waals surface area contributed by atoms with Crippen LogP contribution in [-0.2, 0) is 21.4 Å². The van der Waals surface area contributed by atoms with E-state index >= 15 is 0 Å². The summed E-state index contributed by atoms with van der Waals surface area (Å²) >= 11 is 0. The van der Waals surface area contributed by atoms with Crippen LogP contribution in [0.4, 0.5) is 0 Å². The Bertz CT molecular complexity index is 935. The standard InChI is InChI=1S/C23H31N3O3S/c1-19(2)25(17-21-7-5-4-6-8-21)18-23(27)24-13-15-26(16-14-24)30(28,29)22-11-9-20(3)10-12-22/h4-12,19H,13-18H2,1-3H3. The van der Waals surface area contributed by atoms with Crippen molar-refractivity contribution in [2.75, 3.05) is 32.7 Å². The van der Waals surface area contributed by atoms with E-state index in [4.69, 9.17) is 0 Å². The molecule has 7 heteroatoms. The van der Waals surface area contributed by atoms with E-state index < -0.39 is 10.0 Å². The monoisotopic (exact) mass is 429 g/mol. The molecule has 30 heavy (non-hydrogen) atoms. The van der Waals surface area contributed by atoms with Gasteiger partial charge in [-0.2, -0.15) is 4.31 Å². The van der Waals surface area contributed by atoms with Crippen LogP contribution in [0, 0.1) is 6.92 Å². The summed E-state index contributed by atoms with van der Waals surface area (Å²) in [6.07, 6.45) is 0. The van der Waals surface area contributed by atoms with Crippen LogP contribution in [0.25, 0.3) is 0 Å². The third-order valence-electron chi connectivity index (χ3n) is 5.55. The van der Waals surface area contributed by atoms with Crippen molar-refractivity contribution in [3.63, 3.8) is 0 Å². The molecule has 1 fully saturated rings. The lowest BCUT2D eigenvalue weighted by Crippen LogP contribution is -2.53. The van der Waals surface area contributed by atoms with Gasteiger partial charge >= 0.3 is 0 Å². The first-order valence-electron chi connectivity index (χ1n) is 10.4. The summed E-state index contributed by atoms with van der Waals surface area (Å²) in [6.45, 7) is 8.62. The molecule has 2 aromatic rings. The maximum absolute atomic E-state index is 12.9. The maximum atomic E-state index is 12.9. The van der Waals surface area contributed by atoms with Crippen LogP contribution in [0.3, 0.4) is 0 Å². The smallest absolute Gasteiger partial charge is 0.243 e. The molecular formula is C23H31N3O3S. The average molecular weight is 430 g/mol. The second-order valence-corrected chi connectivity index (χ2v) is 10.0. The molecule has 0 bridgehead atoms. The van der Waals surface area contributed by atoms with Crippen molar-refractivity contribution in [3.8, 4) is 0 Å². The quantitative estimate of drug-likeness (QED) is 0.679. The highest BCUT2D eigenvalue weighted by molar-refractivity contribution is 7.89. The first-order valence-corrected chi connectivity index (χ1v) is 11.8. The molecule has 0 aromatic heterocycles. The number of benzene rings is 2. The molecule has 6 nitrogen and oxygen atoms in total. The fraction of sp³-hybridized carbons (Fsp3) is 0.435. The van der Waals surface area contributed by atoms with Gasteiger partial charge in [0.15, 0.2) is 0 Å². The number of hydrogen-bond acceptors (Lipinski definition) is 4. The zero-order valence-electron chi connectivity index (χ0n) is 18.0. The fourth-order valence-electron chi connectivity index (χ4n) is 3.55. The van der Waals surface area contributed by atoms with Gasteiger partial charge in [-0.1, -0.05) is 48.0 Å². The van der Waals surface area contributed by atoms with Gasteiger partial charge < -0.3 is 4.90 Å². The number of carbonyl (C=O) groups is 1. The highest BCUT2D eigenvalue weighted by atomic mass is 32.2. The van der Waals surface area contributed by atoms with E-state index in [1.165, 1.54) is 9.87 Å². The zero-order chi connectivity index (χ0) is 21.7. The van der Waals surface area contributed by atoms with Gasteiger partial charge in [0.05, 0.1) is 11.4 Å². The highest BCUT2D eigenvalue weighted by Crippen LogP contribution is 2.18. The summed E-state index contributed by atoms with van der Waals surface area (Å²) in [5.74, 6) is 0.0482. The number of aryl methyl sites for hydroxylation is 1. The van der Waals surface area contributed by atoms with Gasteiger partial charge in [-0.25, -0.2) is 8.42 Å². The minimum Gasteiger partial charge on any atom is -0.339 e. The van der Waals surface area contributed by atoms with E-state index in [0.717, 1.165) is 5.56 Å². The van der Waals surface area contributed by atoms with E-state index in [-0.39, 0.29) is 11.9 Å². The third-order valence-corrected chi connectivity index (χ3v) is 7.46. The van der Waals surface area contributed by atoms with Crippen molar-refractivity contribution in [3.05, 3.63) is 65.7 Å². The molecule has 1 aliphatic rings. The first-order chi connectivity index (χ1) is 14.3. The van der Waals surface area contributed by atoms with E-state index in [2.05, 4.69) is 30.9 Å². The third kappa shape index (κ3) is 5.47. The summed E-state index contributed by atoms with van der Waals surface area (Å²) in [6, 6.07) is 17.3. The lowest BCUT2D eigenvalue weighted by atomic mass is 10.2. The van der Waals surface area contributed by atoms with Gasteiger partial charge in [0.1, 0.15) is 0 Å². The van der Waals surface area contributed by atoms with Gasteiger partial charge in [0.25, 0.3) is 0 Å². The van der Waals surface area contributed by atoms with Gasteiger partial charge in [-0.3, -0.25) is 9.69 Å². The number of carbonyl (C=O) groups excluding carboxylic acids is 1. The van der Waals surface area contributed by atoms with Crippen molar-refractivity contribution in [1.29, 1.82) is 0 Å². The Labute approximate surface area is 180 Å². The predicted octanol–water partition coefficient (Wildman–Crippen LogP) is 2.74. The molecule has 0 aliphatic carbocycles. The molecule has 1 saturated heterocycles. The van der Waals surface area contributed by atoms with Gasteiger partial charge in [-0.05, 0) is 38.5 Å². The van der Waals surface area contributed by atoms with Crippen LogP contribution in [0.2, 0.25) is 0 Å². The summed E-state index contributed by atoms with van der Waals surface area (Å²) in [5.41, 5.74) is 2.20. The van der Waals surface area contributed by atoms with Crippen molar-refractivity contribution in [1.82, 2.24) is 14.1 Å². The largest absolute Gasteiger partial charge is 0.339 e. The van der Waals surface area contributed by atoms with E-state index in [9.17, 15) is 13.2 Å². The Morgan fingerprint density at radius 2 is 1.57 bits per heavy atom. The Hall–Kier alpha value is -2.22. The summed E-state index contributed by atoms with van der Waals surface area (Å²) < 4.78 is 27.2. The summed E-state index contributed by atoms with van der Waals surface area (Å²) in [7, 11) is -3.52. The molecular weight excluding hydrogens is 398 g/mol. The molecule has 2 aromatic carbocycles. The average Bonchev–Trinajstić information content (AvgIpc) is 2.74. The zero-order valence-corrected chi connectivity index (χ0v) is 18.8. The lowest BCUT2D eigenvalue weighted by molar-refractivity contribution is -0.134. The van der Waals surface area contributed by atoms with Crippen molar-refractivity contribution >= 4 is 15.9 Å². The molecule has 0 N–H and O–H groups in total. The predicted molar refractivity (Wildman–Crippen MR) is 119 cm³/mol. The number of hydrogen-bond donors (Lipinski definition) is 0. The number of nitrogens with zero attached hydrogens (tertiary/aromatic N) is 3. The molecule has 0 unspecified atom stereocenters. The molecule has 1 amide bonds. The summed E-state index contributed by atoms with van der Waals surface area (Å²) in [5, 5.41) is 0. The van der Waals surface area contributed by atoms with Crippen molar-refractivity contribution < 1.29 is 13.2 Å². The van der Waals surface area contributed by atoms with E-state index in [1.54, 1.807) is 29.2 Å². The van der Waals surface area contributed by atoms with Crippen LogP contribution in [-0.4, -0.2) is 67.2 Å². The van der Waals surface area contributed by atoms with Gasteiger partial charge in [0, 0.05) is 38.8 Å². The van der Waals surface area contributed by atoms with Crippen LogP contribution in [0.5, 0.6) is 0 Å². The summed E-state index contributed by atoms with van der Waals surface area (Å²) in [4.78, 5) is 17.1. The SMILES string of the molecule is Cc1ccc(S(=O)(=O)N2CCN(C(=O)CN(Cc3ccccc3)C(C)C)CC2)cc1. The maximum Gasteiger partial charge on any atom is 0.243 e. The topological polar surface area (TPSA) is 60.9 Å². The number of rotatable bonds is 7. The number of piperazine rings is 1. The van der Waals surface area contributed by atoms with Crippen LogP contribution in [0.1, 0.15) is 25.0 Å². The molecule has 0 saturated carbocycles. The van der Waals surface area contributed by atoms with E-state index in [1.807, 2.05) is 25.1 Å². The Balaban J connectivity index is 1.58. The minimum atomic E-state index is -3.52. The molecule has 1 heterocycles.